The Hall–Kier alpha value is -3.60. The van der Waals surface area contributed by atoms with Gasteiger partial charge >= 0.3 is 0 Å². The van der Waals surface area contributed by atoms with Crippen LogP contribution in [-0.2, 0) is 4.79 Å². The van der Waals surface area contributed by atoms with Gasteiger partial charge in [-0.1, -0.05) is 54.6 Å². The molecule has 0 saturated heterocycles. The Labute approximate surface area is 170 Å². The molecular formula is C24H24N2O3. The van der Waals surface area contributed by atoms with E-state index < -0.39 is 0 Å². The van der Waals surface area contributed by atoms with Gasteiger partial charge in [-0.3, -0.25) is 9.59 Å². The molecular weight excluding hydrogens is 364 g/mol. The highest BCUT2D eigenvalue weighted by Gasteiger charge is 2.16. The van der Waals surface area contributed by atoms with Crippen molar-refractivity contribution in [3.8, 4) is 5.75 Å². The number of ether oxygens (including phenoxy) is 1. The van der Waals surface area contributed by atoms with E-state index in [4.69, 9.17) is 4.74 Å². The molecule has 2 amide bonds. The molecule has 0 spiro atoms. The van der Waals surface area contributed by atoms with Gasteiger partial charge in [-0.25, -0.2) is 0 Å². The van der Waals surface area contributed by atoms with Crippen molar-refractivity contribution in [1.29, 1.82) is 0 Å². The molecule has 0 aliphatic carbocycles. The zero-order valence-corrected chi connectivity index (χ0v) is 16.5. The first-order valence-corrected chi connectivity index (χ1v) is 9.47. The molecule has 0 aliphatic rings. The lowest BCUT2D eigenvalue weighted by atomic mass is 10.1. The fourth-order valence-electron chi connectivity index (χ4n) is 2.93. The number of para-hydroxylation sites is 1. The lowest BCUT2D eigenvalue weighted by Crippen LogP contribution is -2.28. The minimum atomic E-state index is -0.331. The number of benzene rings is 3. The standard InChI is InChI=1S/C24H24N2O3/c1-17-9-8-12-20(15-17)29-16-23(27)26-22-14-7-6-13-21(22)24(28)25-18(2)19-10-4-3-5-11-19/h3-15,18H,16H2,1-2H3,(H,25,28)(H,26,27). The van der Waals surface area contributed by atoms with E-state index in [2.05, 4.69) is 10.6 Å². The molecule has 0 bridgehead atoms. The molecule has 1 atom stereocenters. The highest BCUT2D eigenvalue weighted by atomic mass is 16.5. The molecule has 2 N–H and O–H groups in total. The summed E-state index contributed by atoms with van der Waals surface area (Å²) in [6.07, 6.45) is 0. The molecule has 148 valence electrons. The zero-order valence-electron chi connectivity index (χ0n) is 16.5. The molecule has 0 aromatic heterocycles. The van der Waals surface area contributed by atoms with Gasteiger partial charge in [0.25, 0.3) is 11.8 Å². The second kappa shape index (κ2) is 9.55. The van der Waals surface area contributed by atoms with Crippen molar-refractivity contribution in [3.63, 3.8) is 0 Å². The minimum Gasteiger partial charge on any atom is -0.484 e. The summed E-state index contributed by atoms with van der Waals surface area (Å²) in [7, 11) is 0. The van der Waals surface area contributed by atoms with Crippen LogP contribution in [0.25, 0.3) is 0 Å². The van der Waals surface area contributed by atoms with E-state index >= 15 is 0 Å². The summed E-state index contributed by atoms with van der Waals surface area (Å²) in [5, 5.41) is 5.73. The lowest BCUT2D eigenvalue weighted by molar-refractivity contribution is -0.118. The third kappa shape index (κ3) is 5.69. The number of carbonyl (C=O) groups excluding carboxylic acids is 2. The fourth-order valence-corrected chi connectivity index (χ4v) is 2.93. The van der Waals surface area contributed by atoms with Crippen molar-refractivity contribution in [2.75, 3.05) is 11.9 Å². The van der Waals surface area contributed by atoms with Gasteiger partial charge in [0.15, 0.2) is 6.61 Å². The van der Waals surface area contributed by atoms with E-state index in [1.165, 1.54) is 0 Å². The van der Waals surface area contributed by atoms with Gasteiger partial charge in [0.05, 0.1) is 17.3 Å². The van der Waals surface area contributed by atoms with Crippen molar-refractivity contribution in [3.05, 3.63) is 95.6 Å². The Morgan fingerprint density at radius 2 is 1.66 bits per heavy atom. The number of nitrogens with one attached hydrogen (secondary N) is 2. The number of hydrogen-bond donors (Lipinski definition) is 2. The van der Waals surface area contributed by atoms with Crippen molar-refractivity contribution < 1.29 is 14.3 Å². The largest absolute Gasteiger partial charge is 0.484 e. The van der Waals surface area contributed by atoms with Gasteiger partial charge in [-0.15, -0.1) is 0 Å². The average molecular weight is 388 g/mol. The molecule has 5 heteroatoms. The second-order valence-electron chi connectivity index (χ2n) is 6.80. The van der Waals surface area contributed by atoms with E-state index in [0.29, 0.717) is 17.0 Å². The zero-order chi connectivity index (χ0) is 20.6. The van der Waals surface area contributed by atoms with Gasteiger partial charge < -0.3 is 15.4 Å². The number of anilines is 1. The highest BCUT2D eigenvalue weighted by molar-refractivity contribution is 6.04. The third-order valence-corrected chi connectivity index (χ3v) is 4.45. The smallest absolute Gasteiger partial charge is 0.262 e. The summed E-state index contributed by atoms with van der Waals surface area (Å²) < 4.78 is 5.53. The monoisotopic (exact) mass is 388 g/mol. The van der Waals surface area contributed by atoms with Crippen LogP contribution in [-0.4, -0.2) is 18.4 Å². The van der Waals surface area contributed by atoms with E-state index in [9.17, 15) is 9.59 Å². The van der Waals surface area contributed by atoms with Crippen LogP contribution >= 0.6 is 0 Å². The molecule has 0 saturated carbocycles. The van der Waals surface area contributed by atoms with Crippen molar-refractivity contribution >= 4 is 17.5 Å². The van der Waals surface area contributed by atoms with Crippen molar-refractivity contribution in [2.45, 2.75) is 19.9 Å². The van der Waals surface area contributed by atoms with Crippen LogP contribution in [0.2, 0.25) is 0 Å². The Balaban J connectivity index is 1.63. The maximum atomic E-state index is 12.8. The van der Waals surface area contributed by atoms with Gasteiger partial charge in [0, 0.05) is 0 Å². The van der Waals surface area contributed by atoms with Crippen LogP contribution in [0.1, 0.15) is 34.5 Å². The van der Waals surface area contributed by atoms with Crippen LogP contribution in [0.3, 0.4) is 0 Å². The van der Waals surface area contributed by atoms with Gasteiger partial charge in [0.1, 0.15) is 5.75 Å². The summed E-state index contributed by atoms with van der Waals surface area (Å²) in [4.78, 5) is 25.1. The predicted molar refractivity (Wildman–Crippen MR) is 114 cm³/mol. The number of rotatable bonds is 7. The maximum Gasteiger partial charge on any atom is 0.262 e. The first-order chi connectivity index (χ1) is 14.0. The SMILES string of the molecule is Cc1cccc(OCC(=O)Nc2ccccc2C(=O)NC(C)c2ccccc2)c1. The molecule has 5 nitrogen and oxygen atoms in total. The minimum absolute atomic E-state index is 0.139. The van der Waals surface area contributed by atoms with Gasteiger partial charge in [-0.2, -0.15) is 0 Å². The van der Waals surface area contributed by atoms with Crippen LogP contribution < -0.4 is 15.4 Å². The summed E-state index contributed by atoms with van der Waals surface area (Å²) in [6.45, 7) is 3.74. The quantitative estimate of drug-likeness (QED) is 0.626. The second-order valence-corrected chi connectivity index (χ2v) is 6.80. The predicted octanol–water partition coefficient (Wildman–Crippen LogP) is 4.50. The first-order valence-electron chi connectivity index (χ1n) is 9.47. The summed E-state index contributed by atoms with van der Waals surface area (Å²) in [5.41, 5.74) is 2.91. The molecule has 0 radical (unpaired) electrons. The lowest BCUT2D eigenvalue weighted by Gasteiger charge is -2.16. The third-order valence-electron chi connectivity index (χ3n) is 4.45. The van der Waals surface area contributed by atoms with E-state index in [0.717, 1.165) is 11.1 Å². The number of hydrogen-bond acceptors (Lipinski definition) is 3. The topological polar surface area (TPSA) is 67.4 Å². The Morgan fingerprint density at radius 1 is 0.931 bits per heavy atom. The van der Waals surface area contributed by atoms with Crippen molar-refractivity contribution in [1.82, 2.24) is 5.32 Å². The van der Waals surface area contributed by atoms with Crippen LogP contribution in [0.5, 0.6) is 5.75 Å². The molecule has 3 aromatic rings. The molecule has 3 rings (SSSR count). The summed E-state index contributed by atoms with van der Waals surface area (Å²) >= 11 is 0. The van der Waals surface area contributed by atoms with Crippen LogP contribution in [0.4, 0.5) is 5.69 Å². The Morgan fingerprint density at radius 3 is 2.41 bits per heavy atom. The fraction of sp³-hybridized carbons (Fsp3) is 0.167. The molecule has 0 fully saturated rings. The first kappa shape index (κ1) is 20.1. The van der Waals surface area contributed by atoms with Crippen LogP contribution in [0, 0.1) is 6.92 Å². The molecule has 0 heterocycles. The number of amides is 2. The normalized spacial score (nSPS) is 11.4. The van der Waals surface area contributed by atoms with Crippen molar-refractivity contribution in [2.24, 2.45) is 0 Å². The van der Waals surface area contributed by atoms with Gasteiger partial charge in [0.2, 0.25) is 0 Å². The number of carbonyl (C=O) groups is 2. The number of aryl methyl sites for hydroxylation is 1. The van der Waals surface area contributed by atoms with E-state index in [1.54, 1.807) is 30.3 Å². The van der Waals surface area contributed by atoms with E-state index in [-0.39, 0.29) is 24.5 Å². The summed E-state index contributed by atoms with van der Waals surface area (Å²) in [6, 6.07) is 24.0. The highest BCUT2D eigenvalue weighted by Crippen LogP contribution is 2.18. The molecule has 3 aromatic carbocycles. The molecule has 0 aliphatic heterocycles. The Bertz CT molecular complexity index is 986. The van der Waals surface area contributed by atoms with Gasteiger partial charge in [-0.05, 0) is 49.2 Å². The maximum absolute atomic E-state index is 12.8. The molecule has 29 heavy (non-hydrogen) atoms. The summed E-state index contributed by atoms with van der Waals surface area (Å²) in [5.74, 6) is 0.0441. The molecule has 1 unspecified atom stereocenters. The van der Waals surface area contributed by atoms with Crippen LogP contribution in [0.15, 0.2) is 78.9 Å². The Kier molecular flexibility index (Phi) is 6.63. The van der Waals surface area contributed by atoms with E-state index in [1.807, 2.05) is 62.4 Å². The average Bonchev–Trinajstić information content (AvgIpc) is 2.73.